The van der Waals surface area contributed by atoms with E-state index in [4.69, 9.17) is 0 Å². The quantitative estimate of drug-likeness (QED) is 0.302. The third-order valence-electron chi connectivity index (χ3n) is 8.96. The van der Waals surface area contributed by atoms with E-state index in [1.165, 1.54) is 22.3 Å². The summed E-state index contributed by atoms with van der Waals surface area (Å²) in [6.45, 7) is 14.5. The molecule has 0 atom stereocenters. The Labute approximate surface area is 205 Å². The molecule has 0 fully saturated rings. The lowest BCUT2D eigenvalue weighted by Gasteiger charge is -2.44. The van der Waals surface area contributed by atoms with E-state index in [9.17, 15) is 0 Å². The third-order valence-corrected chi connectivity index (χ3v) is 8.96. The third kappa shape index (κ3) is 3.29. The Morgan fingerprint density at radius 3 is 1.53 bits per heavy atom. The van der Waals surface area contributed by atoms with E-state index in [2.05, 4.69) is 150 Å². The standard InChI is InChI=1S/C33H35N/c1-31(2)29-21-20-25(23-30(29)32(3,4)33(31,5)6)24-14-13-19-28(22-24)34(26-15-9-7-10-16-26)27-17-11-8-12-18-27/h7-23H,1-6H3. The summed E-state index contributed by atoms with van der Waals surface area (Å²) in [5.74, 6) is 0. The summed E-state index contributed by atoms with van der Waals surface area (Å²) in [4.78, 5) is 2.33. The first-order chi connectivity index (χ1) is 16.1. The van der Waals surface area contributed by atoms with Crippen molar-refractivity contribution >= 4 is 17.1 Å². The molecular formula is C33H35N. The summed E-state index contributed by atoms with van der Waals surface area (Å²) < 4.78 is 0. The van der Waals surface area contributed by atoms with Gasteiger partial charge in [-0.25, -0.2) is 0 Å². The van der Waals surface area contributed by atoms with Gasteiger partial charge in [0.15, 0.2) is 0 Å². The maximum absolute atomic E-state index is 2.44. The van der Waals surface area contributed by atoms with Gasteiger partial charge in [-0.15, -0.1) is 0 Å². The largest absolute Gasteiger partial charge is 0.310 e. The SMILES string of the molecule is CC1(C)c2ccc(-c3cccc(N(c4ccccc4)c4ccccc4)c3)cc2C(C)(C)C1(C)C. The molecule has 0 saturated carbocycles. The number of benzene rings is 4. The minimum absolute atomic E-state index is 0.0968. The van der Waals surface area contributed by atoms with Crippen molar-refractivity contribution in [2.24, 2.45) is 5.41 Å². The molecule has 0 amide bonds. The average molecular weight is 446 g/mol. The van der Waals surface area contributed by atoms with Gasteiger partial charge in [-0.2, -0.15) is 0 Å². The highest BCUT2D eigenvalue weighted by atomic mass is 15.1. The Kier molecular flexibility index (Phi) is 5.20. The van der Waals surface area contributed by atoms with Crippen LogP contribution >= 0.6 is 0 Å². The number of fused-ring (bicyclic) bond motifs is 1. The first kappa shape index (κ1) is 22.5. The normalized spacial score (nSPS) is 17.2. The topological polar surface area (TPSA) is 3.24 Å². The summed E-state index contributed by atoms with van der Waals surface area (Å²) in [6.07, 6.45) is 0. The zero-order valence-corrected chi connectivity index (χ0v) is 21.3. The molecule has 172 valence electrons. The molecule has 5 rings (SSSR count). The molecule has 0 unspecified atom stereocenters. The highest BCUT2D eigenvalue weighted by Gasteiger charge is 2.56. The summed E-state index contributed by atoms with van der Waals surface area (Å²) in [7, 11) is 0. The minimum Gasteiger partial charge on any atom is -0.310 e. The molecule has 0 saturated heterocycles. The van der Waals surface area contributed by atoms with Crippen LogP contribution in [0.3, 0.4) is 0 Å². The number of hydrogen-bond acceptors (Lipinski definition) is 1. The van der Waals surface area contributed by atoms with Gasteiger partial charge in [-0.3, -0.25) is 0 Å². The van der Waals surface area contributed by atoms with E-state index in [-0.39, 0.29) is 16.2 Å². The molecule has 1 nitrogen and oxygen atoms in total. The molecule has 34 heavy (non-hydrogen) atoms. The van der Waals surface area contributed by atoms with Crippen LogP contribution in [-0.4, -0.2) is 0 Å². The fraction of sp³-hybridized carbons (Fsp3) is 0.273. The molecule has 1 aliphatic rings. The molecule has 0 aliphatic heterocycles. The van der Waals surface area contributed by atoms with Crippen molar-refractivity contribution in [2.75, 3.05) is 4.90 Å². The van der Waals surface area contributed by atoms with E-state index in [0.717, 1.165) is 17.1 Å². The first-order valence-corrected chi connectivity index (χ1v) is 12.3. The van der Waals surface area contributed by atoms with Crippen molar-refractivity contribution < 1.29 is 0 Å². The van der Waals surface area contributed by atoms with Crippen LogP contribution < -0.4 is 4.90 Å². The van der Waals surface area contributed by atoms with E-state index >= 15 is 0 Å². The number of para-hydroxylation sites is 2. The monoisotopic (exact) mass is 445 g/mol. The van der Waals surface area contributed by atoms with Crippen LogP contribution in [0.4, 0.5) is 17.1 Å². The average Bonchev–Trinajstić information content (AvgIpc) is 2.95. The molecule has 0 N–H and O–H groups in total. The van der Waals surface area contributed by atoms with Crippen molar-refractivity contribution in [3.63, 3.8) is 0 Å². The Bertz CT molecular complexity index is 1270. The molecule has 0 spiro atoms. The van der Waals surface area contributed by atoms with Gasteiger partial charge in [0, 0.05) is 17.1 Å². The van der Waals surface area contributed by atoms with Crippen molar-refractivity contribution in [3.8, 4) is 11.1 Å². The van der Waals surface area contributed by atoms with Gasteiger partial charge in [0.2, 0.25) is 0 Å². The highest BCUT2D eigenvalue weighted by molar-refractivity contribution is 5.80. The minimum atomic E-state index is 0.0968. The Morgan fingerprint density at radius 1 is 0.441 bits per heavy atom. The predicted molar refractivity (Wildman–Crippen MR) is 146 cm³/mol. The van der Waals surface area contributed by atoms with Crippen LogP contribution in [0.1, 0.15) is 52.7 Å². The smallest absolute Gasteiger partial charge is 0.0467 e. The predicted octanol–water partition coefficient (Wildman–Crippen LogP) is 9.42. The van der Waals surface area contributed by atoms with Gasteiger partial charge >= 0.3 is 0 Å². The van der Waals surface area contributed by atoms with Gasteiger partial charge in [0.05, 0.1) is 0 Å². The highest BCUT2D eigenvalue weighted by Crippen LogP contribution is 2.61. The van der Waals surface area contributed by atoms with Gasteiger partial charge < -0.3 is 4.90 Å². The van der Waals surface area contributed by atoms with E-state index in [0.29, 0.717) is 0 Å². The van der Waals surface area contributed by atoms with Crippen LogP contribution in [-0.2, 0) is 10.8 Å². The molecule has 0 heterocycles. The maximum Gasteiger partial charge on any atom is 0.0467 e. The van der Waals surface area contributed by atoms with Crippen LogP contribution in [0.5, 0.6) is 0 Å². The lowest BCUT2D eigenvalue weighted by atomic mass is 9.59. The zero-order valence-electron chi connectivity index (χ0n) is 21.3. The second kappa shape index (κ2) is 7.87. The van der Waals surface area contributed by atoms with Crippen LogP contribution in [0.2, 0.25) is 0 Å². The van der Waals surface area contributed by atoms with Crippen molar-refractivity contribution in [1.82, 2.24) is 0 Å². The van der Waals surface area contributed by atoms with Crippen LogP contribution in [0.15, 0.2) is 103 Å². The molecule has 0 bridgehead atoms. The number of hydrogen-bond donors (Lipinski definition) is 0. The van der Waals surface area contributed by atoms with Crippen LogP contribution in [0, 0.1) is 5.41 Å². The summed E-state index contributed by atoms with van der Waals surface area (Å²) in [5.41, 5.74) is 9.36. The molecule has 1 heteroatoms. The van der Waals surface area contributed by atoms with Gasteiger partial charge in [0.25, 0.3) is 0 Å². The van der Waals surface area contributed by atoms with E-state index < -0.39 is 0 Å². The van der Waals surface area contributed by atoms with E-state index in [1.807, 2.05) is 0 Å². The number of nitrogens with zero attached hydrogens (tertiary/aromatic N) is 1. The van der Waals surface area contributed by atoms with Gasteiger partial charge in [-0.05, 0) is 74.9 Å². The van der Waals surface area contributed by atoms with E-state index in [1.54, 1.807) is 0 Å². The lowest BCUT2D eigenvalue weighted by molar-refractivity contribution is 0.125. The first-order valence-electron chi connectivity index (χ1n) is 12.3. The fourth-order valence-corrected chi connectivity index (χ4v) is 5.67. The lowest BCUT2D eigenvalue weighted by Crippen LogP contribution is -2.42. The fourth-order valence-electron chi connectivity index (χ4n) is 5.67. The van der Waals surface area contributed by atoms with Crippen LogP contribution in [0.25, 0.3) is 11.1 Å². The van der Waals surface area contributed by atoms with Crippen molar-refractivity contribution in [3.05, 3.63) is 114 Å². The Hall–Kier alpha value is -3.32. The van der Waals surface area contributed by atoms with Crippen molar-refractivity contribution in [2.45, 2.75) is 52.4 Å². The maximum atomic E-state index is 2.44. The Balaban J connectivity index is 1.62. The molecule has 4 aromatic carbocycles. The zero-order chi connectivity index (χ0) is 24.1. The summed E-state index contributed by atoms with van der Waals surface area (Å²) in [5, 5.41) is 0. The molecular weight excluding hydrogens is 410 g/mol. The molecule has 0 radical (unpaired) electrons. The summed E-state index contributed by atoms with van der Waals surface area (Å²) >= 11 is 0. The second-order valence-corrected chi connectivity index (χ2v) is 11.2. The summed E-state index contributed by atoms with van der Waals surface area (Å²) in [6, 6.07) is 37.3. The molecule has 0 aromatic heterocycles. The van der Waals surface area contributed by atoms with Crippen molar-refractivity contribution in [1.29, 1.82) is 0 Å². The Morgan fingerprint density at radius 2 is 0.941 bits per heavy atom. The van der Waals surface area contributed by atoms with Gasteiger partial charge in [0.1, 0.15) is 0 Å². The number of anilines is 3. The molecule has 4 aromatic rings. The number of rotatable bonds is 4. The van der Waals surface area contributed by atoms with Gasteiger partial charge in [-0.1, -0.05) is 108 Å². The molecule has 1 aliphatic carbocycles. The second-order valence-electron chi connectivity index (χ2n) is 11.2.